The number of aromatic nitrogens is 3. The maximum atomic E-state index is 14.9. The Morgan fingerprint density at radius 2 is 1.92 bits per heavy atom. The summed E-state index contributed by atoms with van der Waals surface area (Å²) in [4.78, 5) is 22.1. The van der Waals surface area contributed by atoms with Crippen molar-refractivity contribution in [3.8, 4) is 22.2 Å². The first kappa shape index (κ1) is 24.5. The predicted octanol–water partition coefficient (Wildman–Crippen LogP) is 5.99. The minimum absolute atomic E-state index is 0.0554. The third-order valence-electron chi connectivity index (χ3n) is 5.69. The van der Waals surface area contributed by atoms with Gasteiger partial charge >= 0.3 is 0 Å². The Morgan fingerprint density at radius 3 is 2.65 bits per heavy atom. The van der Waals surface area contributed by atoms with Gasteiger partial charge in [-0.25, -0.2) is 9.37 Å². The molecule has 1 amide bonds. The van der Waals surface area contributed by atoms with Crippen molar-refractivity contribution < 1.29 is 13.9 Å². The van der Waals surface area contributed by atoms with Crippen molar-refractivity contribution in [2.24, 2.45) is 7.05 Å². The van der Waals surface area contributed by atoms with Crippen LogP contribution < -0.4 is 15.4 Å². The number of halogens is 1. The highest BCUT2D eigenvalue weighted by atomic mass is 32.1. The van der Waals surface area contributed by atoms with Gasteiger partial charge in [-0.15, -0.1) is 11.3 Å². The molecule has 0 saturated heterocycles. The van der Waals surface area contributed by atoms with Gasteiger partial charge in [-0.1, -0.05) is 30.3 Å². The number of anilines is 1. The van der Waals surface area contributed by atoms with Gasteiger partial charge < -0.3 is 19.9 Å². The fourth-order valence-corrected chi connectivity index (χ4v) is 5.05. The molecule has 0 bridgehead atoms. The average Bonchev–Trinajstić information content (AvgIpc) is 3.44. The first-order valence-electron chi connectivity index (χ1n) is 11.4. The lowest BCUT2D eigenvalue weighted by molar-refractivity contribution is -0.119. The Balaban J connectivity index is 1.28. The molecule has 0 aliphatic rings. The molecule has 3 heterocycles. The Labute approximate surface area is 222 Å². The molecule has 0 spiro atoms. The molecular formula is C27H22FN5O2S2. The molecule has 37 heavy (non-hydrogen) atoms. The fraction of sp³-hybridized carbons (Fsp3) is 0.111. The van der Waals surface area contributed by atoms with Crippen LogP contribution >= 0.6 is 23.6 Å². The van der Waals surface area contributed by atoms with Crippen LogP contribution in [0.25, 0.3) is 20.9 Å². The largest absolute Gasteiger partial charge is 0.453 e. The lowest BCUT2D eigenvalue weighted by Gasteiger charge is -2.12. The van der Waals surface area contributed by atoms with Gasteiger partial charge in [0, 0.05) is 43.0 Å². The summed E-state index contributed by atoms with van der Waals surface area (Å²) < 4.78 is 23.7. The fourth-order valence-electron chi connectivity index (χ4n) is 3.72. The van der Waals surface area contributed by atoms with Crippen molar-refractivity contribution in [3.63, 3.8) is 0 Å². The van der Waals surface area contributed by atoms with Gasteiger partial charge in [0.15, 0.2) is 16.7 Å². The van der Waals surface area contributed by atoms with Gasteiger partial charge in [0.05, 0.1) is 21.5 Å². The number of carbonyl (C=O) groups is 1. The third kappa shape index (κ3) is 5.50. The number of rotatable bonds is 6. The molecule has 10 heteroatoms. The second kappa shape index (κ2) is 10.5. The van der Waals surface area contributed by atoms with E-state index in [9.17, 15) is 9.18 Å². The molecule has 5 aromatic rings. The molecule has 3 aromatic heterocycles. The average molecular weight is 532 g/mol. The molecule has 2 aromatic carbocycles. The van der Waals surface area contributed by atoms with Crippen molar-refractivity contribution in [3.05, 3.63) is 90.1 Å². The van der Waals surface area contributed by atoms with Crippen molar-refractivity contribution in [1.29, 1.82) is 0 Å². The van der Waals surface area contributed by atoms with Gasteiger partial charge in [-0.2, -0.15) is 0 Å². The molecule has 0 atom stereocenters. The number of hydrogen-bond acceptors (Lipinski definition) is 6. The minimum Gasteiger partial charge on any atom is -0.453 e. The van der Waals surface area contributed by atoms with E-state index >= 15 is 0 Å². The number of nitrogens with one attached hydrogen (secondary N) is 2. The standard InChI is InChI=1S/C27H22FN5O2S2/c1-16-15-30-26(33(16)2)23-14-20-25(37-23)22(10-11-29-20)35-21-9-8-18(13-19(21)28)31-27(36)32-24(34)12-17-6-4-3-5-7-17/h3-11,13-15H,12H2,1-2H3,(H2,31,32,34,36). The topological polar surface area (TPSA) is 81.1 Å². The van der Waals surface area contributed by atoms with E-state index in [2.05, 4.69) is 20.6 Å². The Kier molecular flexibility index (Phi) is 6.93. The number of pyridine rings is 1. The summed E-state index contributed by atoms with van der Waals surface area (Å²) >= 11 is 6.69. The van der Waals surface area contributed by atoms with E-state index in [4.69, 9.17) is 17.0 Å². The Hall–Kier alpha value is -4.15. The van der Waals surface area contributed by atoms with Gasteiger partial charge in [0.1, 0.15) is 11.6 Å². The normalized spacial score (nSPS) is 10.9. The number of thiocarbonyl (C=S) groups is 1. The number of benzene rings is 2. The highest BCUT2D eigenvalue weighted by Gasteiger charge is 2.16. The molecular weight excluding hydrogens is 509 g/mol. The molecule has 2 N–H and O–H groups in total. The maximum Gasteiger partial charge on any atom is 0.230 e. The Bertz CT molecular complexity index is 1610. The maximum absolute atomic E-state index is 14.9. The zero-order valence-corrected chi connectivity index (χ0v) is 21.6. The number of amides is 1. The van der Waals surface area contributed by atoms with Crippen molar-refractivity contribution in [2.45, 2.75) is 13.3 Å². The van der Waals surface area contributed by atoms with E-state index in [0.29, 0.717) is 11.4 Å². The number of imidazole rings is 1. The molecule has 0 radical (unpaired) electrons. The first-order chi connectivity index (χ1) is 17.9. The van der Waals surface area contributed by atoms with E-state index in [1.807, 2.05) is 61.1 Å². The van der Waals surface area contributed by atoms with Gasteiger partial charge in [0.2, 0.25) is 5.91 Å². The highest BCUT2D eigenvalue weighted by molar-refractivity contribution is 7.80. The van der Waals surface area contributed by atoms with Crippen LogP contribution in [0.4, 0.5) is 10.1 Å². The van der Waals surface area contributed by atoms with Crippen LogP contribution in [-0.4, -0.2) is 25.6 Å². The van der Waals surface area contributed by atoms with E-state index in [1.165, 1.54) is 23.5 Å². The summed E-state index contributed by atoms with van der Waals surface area (Å²) in [6.07, 6.45) is 3.63. The van der Waals surface area contributed by atoms with Crippen LogP contribution in [0.3, 0.4) is 0 Å². The monoisotopic (exact) mass is 531 g/mol. The molecule has 7 nitrogen and oxygen atoms in total. The highest BCUT2D eigenvalue weighted by Crippen LogP contribution is 2.39. The van der Waals surface area contributed by atoms with Gasteiger partial charge in [-0.05, 0) is 42.9 Å². The molecule has 0 fully saturated rings. The van der Waals surface area contributed by atoms with Crippen LogP contribution in [0.1, 0.15) is 11.3 Å². The SMILES string of the molecule is Cc1cnc(-c2cc3nccc(Oc4ccc(NC(=S)NC(=O)Cc5ccccc5)cc4F)c3s2)n1C. The molecule has 0 saturated carbocycles. The Morgan fingerprint density at radius 1 is 1.11 bits per heavy atom. The van der Waals surface area contributed by atoms with Crippen LogP contribution in [0.5, 0.6) is 11.5 Å². The number of hydrogen-bond donors (Lipinski definition) is 2. The molecule has 186 valence electrons. The quantitative estimate of drug-likeness (QED) is 0.262. The zero-order chi connectivity index (χ0) is 25.9. The molecule has 0 unspecified atom stereocenters. The van der Waals surface area contributed by atoms with Crippen LogP contribution in [0.15, 0.2) is 73.1 Å². The molecule has 5 rings (SSSR count). The summed E-state index contributed by atoms with van der Waals surface area (Å²) in [5.74, 6) is 0.543. The first-order valence-corrected chi connectivity index (χ1v) is 12.6. The van der Waals surface area contributed by atoms with Crippen LogP contribution in [0, 0.1) is 12.7 Å². The van der Waals surface area contributed by atoms with Crippen molar-refractivity contribution in [1.82, 2.24) is 19.9 Å². The summed E-state index contributed by atoms with van der Waals surface area (Å²) in [5, 5.41) is 5.53. The summed E-state index contributed by atoms with van der Waals surface area (Å²) in [5.41, 5.74) is 3.04. The zero-order valence-electron chi connectivity index (χ0n) is 20.0. The number of fused-ring (bicyclic) bond motifs is 1. The predicted molar refractivity (Wildman–Crippen MR) is 148 cm³/mol. The minimum atomic E-state index is -0.579. The number of carbonyl (C=O) groups excluding carboxylic acids is 1. The smallest absolute Gasteiger partial charge is 0.230 e. The third-order valence-corrected chi connectivity index (χ3v) is 7.03. The second-order valence-electron chi connectivity index (χ2n) is 8.33. The lowest BCUT2D eigenvalue weighted by atomic mass is 10.1. The number of aryl methyl sites for hydroxylation is 1. The summed E-state index contributed by atoms with van der Waals surface area (Å²) in [6.45, 7) is 1.99. The van der Waals surface area contributed by atoms with E-state index in [-0.39, 0.29) is 23.2 Å². The summed E-state index contributed by atoms with van der Waals surface area (Å²) in [6, 6.07) is 17.4. The molecule has 0 aliphatic heterocycles. The summed E-state index contributed by atoms with van der Waals surface area (Å²) in [7, 11) is 1.96. The number of nitrogens with zero attached hydrogens (tertiary/aromatic N) is 3. The number of thiophene rings is 1. The van der Waals surface area contributed by atoms with Gasteiger partial charge in [0.25, 0.3) is 0 Å². The van der Waals surface area contributed by atoms with E-state index in [0.717, 1.165) is 32.2 Å². The van der Waals surface area contributed by atoms with Gasteiger partial charge in [-0.3, -0.25) is 9.78 Å². The van der Waals surface area contributed by atoms with Crippen molar-refractivity contribution >= 4 is 50.5 Å². The number of ether oxygens (including phenoxy) is 1. The van der Waals surface area contributed by atoms with Crippen molar-refractivity contribution in [2.75, 3.05) is 5.32 Å². The molecule has 0 aliphatic carbocycles. The lowest BCUT2D eigenvalue weighted by Crippen LogP contribution is -2.35. The van der Waals surface area contributed by atoms with Crippen LogP contribution in [0.2, 0.25) is 0 Å². The van der Waals surface area contributed by atoms with Crippen LogP contribution in [-0.2, 0) is 18.3 Å². The van der Waals surface area contributed by atoms with E-state index < -0.39 is 5.82 Å². The second-order valence-corrected chi connectivity index (χ2v) is 9.79. The van der Waals surface area contributed by atoms with E-state index in [1.54, 1.807) is 18.3 Å².